The Morgan fingerprint density at radius 2 is 1.52 bits per heavy atom. The number of amides is 1. The number of rotatable bonds is 6. The lowest BCUT2D eigenvalue weighted by molar-refractivity contribution is -0.127. The third-order valence-electron chi connectivity index (χ3n) is 4.40. The Balaban J connectivity index is 2.05. The highest BCUT2D eigenvalue weighted by Crippen LogP contribution is 2.28. The van der Waals surface area contributed by atoms with Crippen molar-refractivity contribution in [2.24, 2.45) is 0 Å². The fourth-order valence-corrected chi connectivity index (χ4v) is 2.73. The van der Waals surface area contributed by atoms with Crippen LogP contribution in [-0.4, -0.2) is 12.0 Å². The molecule has 0 aliphatic carbocycles. The molecule has 3 heteroatoms. The topological polar surface area (TPSA) is 38.3 Å². The van der Waals surface area contributed by atoms with Crippen LogP contribution in [0.5, 0.6) is 5.75 Å². The highest BCUT2D eigenvalue weighted by Gasteiger charge is 2.19. The molecule has 2 aromatic rings. The van der Waals surface area contributed by atoms with Gasteiger partial charge in [0.1, 0.15) is 5.75 Å². The summed E-state index contributed by atoms with van der Waals surface area (Å²) in [5.41, 5.74) is 4.54. The second-order valence-corrected chi connectivity index (χ2v) is 7.10. The summed E-state index contributed by atoms with van der Waals surface area (Å²) in [6.45, 7) is 12.1. The van der Waals surface area contributed by atoms with Crippen LogP contribution in [0.1, 0.15) is 61.9 Å². The van der Waals surface area contributed by atoms with Crippen molar-refractivity contribution in [1.29, 1.82) is 0 Å². The summed E-state index contributed by atoms with van der Waals surface area (Å²) in [7, 11) is 0. The Morgan fingerprint density at radius 1 is 0.920 bits per heavy atom. The van der Waals surface area contributed by atoms with Gasteiger partial charge in [0.15, 0.2) is 6.10 Å². The number of nitrogens with one attached hydrogen (secondary N) is 1. The Morgan fingerprint density at radius 3 is 2.12 bits per heavy atom. The van der Waals surface area contributed by atoms with E-state index in [1.54, 1.807) is 6.92 Å². The molecule has 0 aliphatic heterocycles. The highest BCUT2D eigenvalue weighted by atomic mass is 16.5. The maximum Gasteiger partial charge on any atom is 0.261 e. The van der Waals surface area contributed by atoms with E-state index in [0.717, 1.165) is 22.4 Å². The second-order valence-electron chi connectivity index (χ2n) is 7.10. The molecule has 0 radical (unpaired) electrons. The van der Waals surface area contributed by atoms with E-state index < -0.39 is 6.10 Å². The summed E-state index contributed by atoms with van der Waals surface area (Å²) < 4.78 is 5.99. The smallest absolute Gasteiger partial charge is 0.261 e. The van der Waals surface area contributed by atoms with Crippen LogP contribution in [0.4, 0.5) is 0 Å². The van der Waals surface area contributed by atoms with Gasteiger partial charge in [0.25, 0.3) is 5.91 Å². The van der Waals surface area contributed by atoms with Crippen LogP contribution in [0.25, 0.3) is 0 Å². The molecule has 0 aromatic heterocycles. The largest absolute Gasteiger partial charge is 0.481 e. The first kappa shape index (κ1) is 19.0. The Labute approximate surface area is 151 Å². The number of aryl methyl sites for hydroxylation is 2. The maximum atomic E-state index is 12.5. The van der Waals surface area contributed by atoms with Gasteiger partial charge in [0.05, 0.1) is 6.04 Å². The molecule has 1 amide bonds. The molecular formula is C22H29NO2. The van der Waals surface area contributed by atoms with E-state index in [4.69, 9.17) is 4.74 Å². The van der Waals surface area contributed by atoms with Crippen molar-refractivity contribution < 1.29 is 9.53 Å². The van der Waals surface area contributed by atoms with E-state index in [9.17, 15) is 4.79 Å². The quantitative estimate of drug-likeness (QED) is 0.798. The zero-order chi connectivity index (χ0) is 18.6. The first-order chi connectivity index (χ1) is 11.8. The number of hydrogen-bond acceptors (Lipinski definition) is 2. The lowest BCUT2D eigenvalue weighted by Crippen LogP contribution is -2.38. The standard InChI is InChI=1S/C22H29NO2/c1-14(2)20-12-9-16(4)13-21(20)25-18(6)22(24)23-17(5)19-10-7-15(3)8-11-19/h7-14,17-18H,1-6H3,(H,23,24)/t17-,18+/m0/s1. The number of hydrogen-bond donors (Lipinski definition) is 1. The van der Waals surface area contributed by atoms with E-state index in [1.807, 2.05) is 32.0 Å². The van der Waals surface area contributed by atoms with Gasteiger partial charge in [-0.25, -0.2) is 0 Å². The van der Waals surface area contributed by atoms with E-state index in [0.29, 0.717) is 5.92 Å². The second kappa shape index (κ2) is 8.19. The van der Waals surface area contributed by atoms with E-state index >= 15 is 0 Å². The zero-order valence-corrected chi connectivity index (χ0v) is 16.1. The molecule has 0 saturated carbocycles. The fraction of sp³-hybridized carbons (Fsp3) is 0.409. The summed E-state index contributed by atoms with van der Waals surface area (Å²) in [6.07, 6.45) is -0.549. The fourth-order valence-electron chi connectivity index (χ4n) is 2.73. The molecule has 134 valence electrons. The van der Waals surface area contributed by atoms with Crippen LogP contribution in [0.3, 0.4) is 0 Å². The van der Waals surface area contributed by atoms with Gasteiger partial charge < -0.3 is 10.1 Å². The van der Waals surface area contributed by atoms with Crippen LogP contribution < -0.4 is 10.1 Å². The molecule has 1 N–H and O–H groups in total. The molecule has 0 unspecified atom stereocenters. The lowest BCUT2D eigenvalue weighted by atomic mass is 10.0. The number of carbonyl (C=O) groups excluding carboxylic acids is 1. The number of carbonyl (C=O) groups is 1. The van der Waals surface area contributed by atoms with Gasteiger partial charge in [0.2, 0.25) is 0 Å². The summed E-state index contributed by atoms with van der Waals surface area (Å²) >= 11 is 0. The molecule has 2 aromatic carbocycles. The number of benzene rings is 2. The van der Waals surface area contributed by atoms with Gasteiger partial charge in [-0.15, -0.1) is 0 Å². The predicted octanol–water partition coefficient (Wildman–Crippen LogP) is 5.07. The van der Waals surface area contributed by atoms with E-state index in [-0.39, 0.29) is 11.9 Å². The summed E-state index contributed by atoms with van der Waals surface area (Å²) in [5, 5.41) is 3.04. The monoisotopic (exact) mass is 339 g/mol. The summed E-state index contributed by atoms with van der Waals surface area (Å²) in [5.74, 6) is 1.03. The molecule has 0 saturated heterocycles. The highest BCUT2D eigenvalue weighted by molar-refractivity contribution is 5.81. The van der Waals surface area contributed by atoms with Crippen LogP contribution >= 0.6 is 0 Å². The van der Waals surface area contributed by atoms with Crippen molar-refractivity contribution in [2.75, 3.05) is 0 Å². The number of ether oxygens (including phenoxy) is 1. The third-order valence-corrected chi connectivity index (χ3v) is 4.40. The van der Waals surface area contributed by atoms with Crippen LogP contribution in [0.15, 0.2) is 42.5 Å². The van der Waals surface area contributed by atoms with Gasteiger partial charge >= 0.3 is 0 Å². The molecule has 0 aliphatic rings. The van der Waals surface area contributed by atoms with Gasteiger partial charge in [0, 0.05) is 0 Å². The summed E-state index contributed by atoms with van der Waals surface area (Å²) in [4.78, 5) is 12.5. The van der Waals surface area contributed by atoms with Crippen LogP contribution in [0.2, 0.25) is 0 Å². The Kier molecular flexibility index (Phi) is 6.24. The van der Waals surface area contributed by atoms with Crippen LogP contribution in [0, 0.1) is 13.8 Å². The average Bonchev–Trinajstić information content (AvgIpc) is 2.55. The summed E-state index contributed by atoms with van der Waals surface area (Å²) in [6, 6.07) is 14.3. The zero-order valence-electron chi connectivity index (χ0n) is 16.1. The predicted molar refractivity (Wildman–Crippen MR) is 103 cm³/mol. The molecule has 2 rings (SSSR count). The molecule has 0 spiro atoms. The first-order valence-electron chi connectivity index (χ1n) is 8.92. The van der Waals surface area contributed by atoms with Gasteiger partial charge in [-0.05, 0) is 56.4 Å². The minimum atomic E-state index is -0.549. The van der Waals surface area contributed by atoms with Crippen molar-refractivity contribution in [1.82, 2.24) is 5.32 Å². The molecule has 3 nitrogen and oxygen atoms in total. The van der Waals surface area contributed by atoms with Gasteiger partial charge in [-0.3, -0.25) is 4.79 Å². The lowest BCUT2D eigenvalue weighted by Gasteiger charge is -2.21. The Bertz CT molecular complexity index is 719. The molecule has 25 heavy (non-hydrogen) atoms. The normalized spacial score (nSPS) is 13.4. The third kappa shape index (κ3) is 5.09. The minimum absolute atomic E-state index is 0.0544. The molecule has 2 atom stereocenters. The molecule has 0 fully saturated rings. The van der Waals surface area contributed by atoms with Gasteiger partial charge in [-0.2, -0.15) is 0 Å². The van der Waals surface area contributed by atoms with Crippen molar-refractivity contribution in [2.45, 2.75) is 59.6 Å². The minimum Gasteiger partial charge on any atom is -0.481 e. The maximum absolute atomic E-state index is 12.5. The average molecular weight is 339 g/mol. The SMILES string of the molecule is Cc1ccc([C@H](C)NC(=O)[C@@H](C)Oc2cc(C)ccc2C(C)C)cc1. The van der Waals surface area contributed by atoms with Crippen molar-refractivity contribution in [3.8, 4) is 5.75 Å². The Hall–Kier alpha value is -2.29. The van der Waals surface area contributed by atoms with E-state index in [2.05, 4.69) is 50.4 Å². The van der Waals surface area contributed by atoms with E-state index in [1.165, 1.54) is 5.56 Å². The molecule has 0 bridgehead atoms. The van der Waals surface area contributed by atoms with Gasteiger partial charge in [-0.1, -0.05) is 55.8 Å². The van der Waals surface area contributed by atoms with Crippen LogP contribution in [-0.2, 0) is 4.79 Å². The first-order valence-corrected chi connectivity index (χ1v) is 8.92. The van der Waals surface area contributed by atoms with Crippen molar-refractivity contribution in [3.05, 3.63) is 64.7 Å². The molecular weight excluding hydrogens is 310 g/mol. The molecule has 0 heterocycles. The van der Waals surface area contributed by atoms with Crippen molar-refractivity contribution >= 4 is 5.91 Å². The van der Waals surface area contributed by atoms with Crippen molar-refractivity contribution in [3.63, 3.8) is 0 Å².